The van der Waals surface area contributed by atoms with Gasteiger partial charge in [0.05, 0.1) is 28.6 Å². The summed E-state index contributed by atoms with van der Waals surface area (Å²) >= 11 is 0. The van der Waals surface area contributed by atoms with Crippen LogP contribution in [-0.2, 0) is 28.4 Å². The van der Waals surface area contributed by atoms with Crippen molar-refractivity contribution >= 4 is 27.0 Å². The maximum absolute atomic E-state index is 12.6. The zero-order chi connectivity index (χ0) is 21.1. The maximum atomic E-state index is 12.6. The van der Waals surface area contributed by atoms with E-state index < -0.39 is 10.0 Å². The van der Waals surface area contributed by atoms with Crippen LogP contribution in [0.4, 0.5) is 0 Å². The molecule has 9 heteroatoms. The molecule has 1 aliphatic rings. The lowest BCUT2D eigenvalue weighted by molar-refractivity contribution is 0.0949. The molecule has 1 aliphatic heterocycles. The van der Waals surface area contributed by atoms with Crippen LogP contribution in [0.15, 0.2) is 53.4 Å². The van der Waals surface area contributed by atoms with E-state index in [4.69, 9.17) is 4.74 Å². The molecule has 0 aliphatic carbocycles. The Morgan fingerprint density at radius 2 is 2.07 bits per heavy atom. The number of hydrogen-bond donors (Lipinski definition) is 2. The van der Waals surface area contributed by atoms with Gasteiger partial charge in [-0.2, -0.15) is 0 Å². The van der Waals surface area contributed by atoms with E-state index in [0.29, 0.717) is 12.4 Å². The molecule has 8 nitrogen and oxygen atoms in total. The maximum Gasteiger partial charge on any atom is 0.251 e. The quantitative estimate of drug-likeness (QED) is 0.599. The third-order valence-electron chi connectivity index (χ3n) is 5.22. The molecule has 2 heterocycles. The summed E-state index contributed by atoms with van der Waals surface area (Å²) in [5.74, 6) is 0.352. The van der Waals surface area contributed by atoms with Gasteiger partial charge in [-0.3, -0.25) is 4.79 Å². The average Bonchev–Trinajstić information content (AvgIpc) is 3.39. The smallest absolute Gasteiger partial charge is 0.251 e. The van der Waals surface area contributed by atoms with Crippen molar-refractivity contribution in [3.63, 3.8) is 0 Å². The van der Waals surface area contributed by atoms with Gasteiger partial charge in [0, 0.05) is 25.8 Å². The SMILES string of the molecule is Cn1c(CNC(=O)c2cccc(S(=O)(=O)NCC3CCCO3)c2)nc2ccccc21. The highest BCUT2D eigenvalue weighted by Gasteiger charge is 2.21. The van der Waals surface area contributed by atoms with Gasteiger partial charge in [-0.15, -0.1) is 0 Å². The molecular formula is C21H24N4O4S. The number of para-hydroxylation sites is 2. The number of nitrogens with zero attached hydrogens (tertiary/aromatic N) is 2. The molecule has 1 unspecified atom stereocenters. The summed E-state index contributed by atoms with van der Waals surface area (Å²) in [4.78, 5) is 17.2. The van der Waals surface area contributed by atoms with Crippen LogP contribution in [0, 0.1) is 0 Å². The van der Waals surface area contributed by atoms with Gasteiger partial charge in [-0.1, -0.05) is 18.2 Å². The Kier molecular flexibility index (Phi) is 5.85. The molecule has 1 atom stereocenters. The first-order valence-corrected chi connectivity index (χ1v) is 11.3. The number of aromatic nitrogens is 2. The molecule has 3 aromatic rings. The summed E-state index contributed by atoms with van der Waals surface area (Å²) in [6, 6.07) is 13.7. The van der Waals surface area contributed by atoms with Gasteiger partial charge < -0.3 is 14.6 Å². The van der Waals surface area contributed by atoms with Crippen LogP contribution in [-0.4, -0.2) is 43.1 Å². The Labute approximate surface area is 175 Å². The Hall–Kier alpha value is -2.75. The molecule has 4 rings (SSSR count). The number of amides is 1. The molecular weight excluding hydrogens is 404 g/mol. The number of carbonyl (C=O) groups is 1. The molecule has 2 N–H and O–H groups in total. The van der Waals surface area contributed by atoms with Crippen molar-refractivity contribution in [1.29, 1.82) is 0 Å². The second-order valence-electron chi connectivity index (χ2n) is 7.27. The topological polar surface area (TPSA) is 102 Å². The average molecular weight is 429 g/mol. The van der Waals surface area contributed by atoms with Gasteiger partial charge in [-0.05, 0) is 43.2 Å². The molecule has 30 heavy (non-hydrogen) atoms. The first kappa shape index (κ1) is 20.5. The minimum absolute atomic E-state index is 0.0517. The number of benzene rings is 2. The molecule has 1 aromatic heterocycles. The number of imidazole rings is 1. The van der Waals surface area contributed by atoms with Gasteiger partial charge >= 0.3 is 0 Å². The van der Waals surface area contributed by atoms with Gasteiger partial charge in [0.1, 0.15) is 5.82 Å². The molecule has 2 aromatic carbocycles. The molecule has 1 amide bonds. The van der Waals surface area contributed by atoms with Crippen molar-refractivity contribution in [3.05, 3.63) is 59.9 Å². The monoisotopic (exact) mass is 428 g/mol. The third kappa shape index (κ3) is 4.38. The van der Waals surface area contributed by atoms with Gasteiger partial charge in [0.2, 0.25) is 10.0 Å². The largest absolute Gasteiger partial charge is 0.377 e. The van der Waals surface area contributed by atoms with Crippen LogP contribution in [0.2, 0.25) is 0 Å². The zero-order valence-electron chi connectivity index (χ0n) is 16.7. The van der Waals surface area contributed by atoms with E-state index in [9.17, 15) is 13.2 Å². The summed E-state index contributed by atoms with van der Waals surface area (Å²) in [7, 11) is -1.83. The highest BCUT2D eigenvalue weighted by atomic mass is 32.2. The van der Waals surface area contributed by atoms with E-state index >= 15 is 0 Å². The summed E-state index contributed by atoms with van der Waals surface area (Å²) in [5, 5.41) is 2.81. The van der Waals surface area contributed by atoms with Crippen molar-refractivity contribution in [2.75, 3.05) is 13.2 Å². The lowest BCUT2D eigenvalue weighted by Crippen LogP contribution is -2.32. The Morgan fingerprint density at radius 1 is 1.23 bits per heavy atom. The number of hydrogen-bond acceptors (Lipinski definition) is 5. The Morgan fingerprint density at radius 3 is 2.83 bits per heavy atom. The van der Waals surface area contributed by atoms with Crippen molar-refractivity contribution < 1.29 is 17.9 Å². The van der Waals surface area contributed by atoms with Gasteiger partial charge in [0.25, 0.3) is 5.91 Å². The van der Waals surface area contributed by atoms with E-state index in [2.05, 4.69) is 15.0 Å². The van der Waals surface area contributed by atoms with E-state index in [1.165, 1.54) is 12.1 Å². The van der Waals surface area contributed by atoms with Crippen molar-refractivity contribution in [2.24, 2.45) is 7.05 Å². The third-order valence-corrected chi connectivity index (χ3v) is 6.64. The fourth-order valence-corrected chi connectivity index (χ4v) is 4.62. The number of nitrogens with one attached hydrogen (secondary N) is 2. The minimum Gasteiger partial charge on any atom is -0.377 e. The molecule has 0 bridgehead atoms. The molecule has 1 fully saturated rings. The second kappa shape index (κ2) is 8.55. The van der Waals surface area contributed by atoms with Crippen LogP contribution in [0.1, 0.15) is 29.0 Å². The zero-order valence-corrected chi connectivity index (χ0v) is 17.5. The number of aryl methyl sites for hydroxylation is 1. The van der Waals surface area contributed by atoms with Crippen molar-refractivity contribution in [3.8, 4) is 0 Å². The number of ether oxygens (including phenoxy) is 1. The van der Waals surface area contributed by atoms with Gasteiger partial charge in [0.15, 0.2) is 0 Å². The minimum atomic E-state index is -3.72. The lowest BCUT2D eigenvalue weighted by atomic mass is 10.2. The Bertz CT molecular complexity index is 1170. The number of rotatable bonds is 7. The lowest BCUT2D eigenvalue weighted by Gasteiger charge is -2.12. The number of fused-ring (bicyclic) bond motifs is 1. The molecule has 0 spiro atoms. The fourth-order valence-electron chi connectivity index (χ4n) is 3.51. The van der Waals surface area contributed by atoms with Gasteiger partial charge in [-0.25, -0.2) is 18.1 Å². The molecule has 0 radical (unpaired) electrons. The highest BCUT2D eigenvalue weighted by molar-refractivity contribution is 7.89. The summed E-state index contributed by atoms with van der Waals surface area (Å²) in [6.07, 6.45) is 1.68. The molecule has 158 valence electrons. The summed E-state index contributed by atoms with van der Waals surface area (Å²) < 4.78 is 35.1. The number of sulfonamides is 1. The van der Waals surface area contributed by atoms with Crippen LogP contribution >= 0.6 is 0 Å². The molecule has 0 saturated carbocycles. The van der Waals surface area contributed by atoms with Crippen LogP contribution in [0.5, 0.6) is 0 Å². The van der Waals surface area contributed by atoms with E-state index in [-0.39, 0.29) is 35.6 Å². The van der Waals surface area contributed by atoms with Crippen molar-refractivity contribution in [2.45, 2.75) is 30.4 Å². The van der Waals surface area contributed by atoms with E-state index in [1.807, 2.05) is 35.9 Å². The Balaban J connectivity index is 1.43. The highest BCUT2D eigenvalue weighted by Crippen LogP contribution is 2.16. The summed E-state index contributed by atoms with van der Waals surface area (Å²) in [5.41, 5.74) is 2.11. The summed E-state index contributed by atoms with van der Waals surface area (Å²) in [6.45, 7) is 1.12. The number of carbonyl (C=O) groups excluding carboxylic acids is 1. The normalized spacial score (nSPS) is 16.8. The first-order chi connectivity index (χ1) is 14.4. The van der Waals surface area contributed by atoms with Crippen LogP contribution < -0.4 is 10.0 Å². The predicted octanol–water partition coefficient (Wildman–Crippen LogP) is 1.96. The van der Waals surface area contributed by atoms with E-state index in [0.717, 1.165) is 23.9 Å². The first-order valence-electron chi connectivity index (χ1n) is 9.84. The standard InChI is InChI=1S/C21H24N4O4S/c1-25-19-10-3-2-9-18(19)24-20(25)14-22-21(26)15-6-4-8-17(12-15)30(27,28)23-13-16-7-5-11-29-16/h2-4,6,8-10,12,16,23H,5,7,11,13-14H2,1H3,(H,22,26). The van der Waals surface area contributed by atoms with Crippen LogP contribution in [0.3, 0.4) is 0 Å². The second-order valence-corrected chi connectivity index (χ2v) is 9.04. The van der Waals surface area contributed by atoms with E-state index in [1.54, 1.807) is 12.1 Å². The fraction of sp³-hybridized carbons (Fsp3) is 0.333. The van der Waals surface area contributed by atoms with Crippen LogP contribution in [0.25, 0.3) is 11.0 Å². The predicted molar refractivity (Wildman–Crippen MR) is 112 cm³/mol. The van der Waals surface area contributed by atoms with Crippen molar-refractivity contribution in [1.82, 2.24) is 19.6 Å². The molecule has 1 saturated heterocycles.